The van der Waals surface area contributed by atoms with Gasteiger partial charge in [0.1, 0.15) is 0 Å². The van der Waals surface area contributed by atoms with Crippen LogP contribution in [0.1, 0.15) is 5.56 Å². The van der Waals surface area contributed by atoms with Gasteiger partial charge < -0.3 is 20.1 Å². The summed E-state index contributed by atoms with van der Waals surface area (Å²) < 4.78 is 10.4. The highest BCUT2D eigenvalue weighted by Crippen LogP contribution is 2.27. The average molecular weight is 315 g/mol. The lowest BCUT2D eigenvalue weighted by molar-refractivity contribution is 0.316. The number of fused-ring (bicyclic) bond motifs is 1. The number of aryl methyl sites for hydroxylation is 1. The number of nitrogens with zero attached hydrogens (tertiary/aromatic N) is 3. The number of rotatable bonds is 5. The molecule has 0 aliphatic rings. The topological polar surface area (TPSA) is 80.7 Å². The molecule has 0 spiro atoms. The van der Waals surface area contributed by atoms with Gasteiger partial charge in [-0.2, -0.15) is 0 Å². The largest absolute Gasteiger partial charge is 0.494 e. The van der Waals surface area contributed by atoms with Gasteiger partial charge in [0.15, 0.2) is 17.4 Å². The predicted octanol–water partition coefficient (Wildman–Crippen LogP) is 2.59. The second kappa shape index (κ2) is 6.95. The Morgan fingerprint density at radius 1 is 1.22 bits per heavy atom. The summed E-state index contributed by atoms with van der Waals surface area (Å²) >= 11 is 0. The minimum atomic E-state index is 0.462. The molecule has 0 unspecified atom stereocenters. The van der Waals surface area contributed by atoms with E-state index in [9.17, 15) is 0 Å². The molecule has 2 N–H and O–H groups in total. The quantitative estimate of drug-likeness (QED) is 0.501. The summed E-state index contributed by atoms with van der Waals surface area (Å²) in [7, 11) is 6.57. The van der Waals surface area contributed by atoms with E-state index in [4.69, 9.17) is 9.47 Å². The number of hydrogen-bond acceptors (Lipinski definition) is 6. The van der Waals surface area contributed by atoms with E-state index in [0.29, 0.717) is 23.3 Å². The van der Waals surface area contributed by atoms with Gasteiger partial charge in [0.2, 0.25) is 0 Å². The normalized spacial score (nSPS) is 11.3. The second-order valence-electron chi connectivity index (χ2n) is 4.81. The zero-order valence-corrected chi connectivity index (χ0v) is 14.0. The monoisotopic (exact) mass is 315 g/mol. The lowest BCUT2D eigenvalue weighted by Crippen LogP contribution is -2.16. The summed E-state index contributed by atoms with van der Waals surface area (Å²) in [5.41, 5.74) is 3.35. The fourth-order valence-corrected chi connectivity index (χ4v) is 2.11. The van der Waals surface area contributed by atoms with Crippen LogP contribution in [0.5, 0.6) is 5.88 Å². The number of nitrogens with one attached hydrogen (secondary N) is 2. The van der Waals surface area contributed by atoms with Crippen molar-refractivity contribution in [3.8, 4) is 5.88 Å². The standard InChI is InChI=1S/C16H21N5O2/c1-9-7-12-13(20-15(18-4)16(21-12)23-6)8-11(9)19-14(17-3)10(2)22-5/h7-8H,2H2,1,3-6H3,(H,17,19)(H,18,20). The van der Waals surface area contributed by atoms with Gasteiger partial charge in [0.25, 0.3) is 5.88 Å². The molecule has 7 heteroatoms. The summed E-state index contributed by atoms with van der Waals surface area (Å²) in [5.74, 6) is 2.07. The number of aliphatic imine (C=N–C) groups is 1. The summed E-state index contributed by atoms with van der Waals surface area (Å²) in [6.45, 7) is 5.79. The molecule has 2 aromatic rings. The van der Waals surface area contributed by atoms with E-state index in [1.807, 2.05) is 19.1 Å². The van der Waals surface area contributed by atoms with Crippen molar-refractivity contribution in [3.63, 3.8) is 0 Å². The maximum Gasteiger partial charge on any atom is 0.257 e. The highest BCUT2D eigenvalue weighted by Gasteiger charge is 2.12. The molecule has 0 atom stereocenters. The minimum absolute atomic E-state index is 0.462. The maximum absolute atomic E-state index is 5.24. The number of anilines is 2. The Bertz CT molecular complexity index is 771. The molecule has 0 saturated heterocycles. The first-order chi connectivity index (χ1) is 11.0. The first-order valence-electron chi connectivity index (χ1n) is 7.05. The minimum Gasteiger partial charge on any atom is -0.494 e. The van der Waals surface area contributed by atoms with Crippen LogP contribution in [0.25, 0.3) is 11.0 Å². The Kier molecular flexibility index (Phi) is 5.00. The number of benzene rings is 1. The van der Waals surface area contributed by atoms with Gasteiger partial charge >= 0.3 is 0 Å². The zero-order chi connectivity index (χ0) is 17.0. The van der Waals surface area contributed by atoms with Crippen LogP contribution in [-0.2, 0) is 4.74 Å². The van der Waals surface area contributed by atoms with Crippen LogP contribution in [0.15, 0.2) is 29.5 Å². The number of ether oxygens (including phenoxy) is 2. The lowest BCUT2D eigenvalue weighted by Gasteiger charge is -2.14. The Balaban J connectivity index is 2.50. The molecule has 7 nitrogen and oxygen atoms in total. The molecule has 0 bridgehead atoms. The molecule has 1 aromatic carbocycles. The Morgan fingerprint density at radius 3 is 2.48 bits per heavy atom. The van der Waals surface area contributed by atoms with Crippen LogP contribution in [0.3, 0.4) is 0 Å². The Labute approximate surface area is 135 Å². The third-order valence-electron chi connectivity index (χ3n) is 3.40. The van der Waals surface area contributed by atoms with E-state index < -0.39 is 0 Å². The molecular formula is C16H21N5O2. The van der Waals surface area contributed by atoms with Crippen molar-refractivity contribution in [2.75, 3.05) is 38.9 Å². The van der Waals surface area contributed by atoms with Gasteiger partial charge in [0, 0.05) is 19.8 Å². The molecule has 122 valence electrons. The van der Waals surface area contributed by atoms with E-state index in [-0.39, 0.29) is 0 Å². The molecule has 0 fully saturated rings. The fraction of sp³-hybridized carbons (Fsp3) is 0.312. The number of amidine groups is 1. The van der Waals surface area contributed by atoms with Crippen molar-refractivity contribution in [1.29, 1.82) is 0 Å². The van der Waals surface area contributed by atoms with Crippen LogP contribution in [-0.4, -0.2) is 44.1 Å². The maximum atomic E-state index is 5.24. The van der Waals surface area contributed by atoms with Crippen molar-refractivity contribution < 1.29 is 9.47 Å². The predicted molar refractivity (Wildman–Crippen MR) is 93.5 cm³/mol. The van der Waals surface area contributed by atoms with E-state index in [2.05, 4.69) is 32.2 Å². The van der Waals surface area contributed by atoms with Gasteiger partial charge in [-0.05, 0) is 24.6 Å². The van der Waals surface area contributed by atoms with Crippen molar-refractivity contribution >= 4 is 28.4 Å². The van der Waals surface area contributed by atoms with E-state index in [1.165, 1.54) is 0 Å². The van der Waals surface area contributed by atoms with Gasteiger partial charge in [-0.1, -0.05) is 6.58 Å². The van der Waals surface area contributed by atoms with Crippen molar-refractivity contribution in [1.82, 2.24) is 9.97 Å². The van der Waals surface area contributed by atoms with Crippen molar-refractivity contribution in [2.45, 2.75) is 6.92 Å². The summed E-state index contributed by atoms with van der Waals surface area (Å²) in [6.07, 6.45) is 0. The smallest absolute Gasteiger partial charge is 0.257 e. The molecule has 0 amide bonds. The summed E-state index contributed by atoms with van der Waals surface area (Å²) in [4.78, 5) is 13.2. The molecule has 0 aliphatic heterocycles. The highest BCUT2D eigenvalue weighted by molar-refractivity contribution is 6.07. The Morgan fingerprint density at radius 2 is 1.91 bits per heavy atom. The number of aromatic nitrogens is 2. The SMILES string of the molecule is C=C(OC)C(=NC)Nc1cc2nc(NC)c(OC)nc2cc1C. The van der Waals surface area contributed by atoms with Crippen LogP contribution >= 0.6 is 0 Å². The average Bonchev–Trinajstić information content (AvgIpc) is 2.57. The summed E-state index contributed by atoms with van der Waals surface area (Å²) in [5, 5.41) is 6.19. The first-order valence-corrected chi connectivity index (χ1v) is 7.05. The van der Waals surface area contributed by atoms with Crippen LogP contribution in [0.4, 0.5) is 11.5 Å². The van der Waals surface area contributed by atoms with Gasteiger partial charge in [-0.15, -0.1) is 0 Å². The van der Waals surface area contributed by atoms with Gasteiger partial charge in [-0.25, -0.2) is 9.97 Å². The molecular weight excluding hydrogens is 294 g/mol. The molecule has 1 aromatic heterocycles. The highest BCUT2D eigenvalue weighted by atomic mass is 16.5. The van der Waals surface area contributed by atoms with Gasteiger partial charge in [-0.3, -0.25) is 4.99 Å². The number of methoxy groups -OCH3 is 2. The van der Waals surface area contributed by atoms with Crippen molar-refractivity contribution in [2.24, 2.45) is 4.99 Å². The molecule has 2 rings (SSSR count). The van der Waals surface area contributed by atoms with Crippen molar-refractivity contribution in [3.05, 3.63) is 30.0 Å². The van der Waals surface area contributed by atoms with Gasteiger partial charge in [0.05, 0.1) is 25.3 Å². The molecule has 0 aliphatic carbocycles. The van der Waals surface area contributed by atoms with E-state index >= 15 is 0 Å². The first kappa shape index (κ1) is 16.5. The molecule has 1 heterocycles. The number of hydrogen-bond donors (Lipinski definition) is 2. The molecule has 0 radical (unpaired) electrons. The van der Waals surface area contributed by atoms with Crippen LogP contribution in [0, 0.1) is 6.92 Å². The van der Waals surface area contributed by atoms with Crippen LogP contribution < -0.4 is 15.4 Å². The van der Waals surface area contributed by atoms with Crippen LogP contribution in [0.2, 0.25) is 0 Å². The lowest BCUT2D eigenvalue weighted by atomic mass is 10.1. The summed E-state index contributed by atoms with van der Waals surface area (Å²) in [6, 6.07) is 3.85. The third kappa shape index (κ3) is 3.33. The van der Waals surface area contributed by atoms with E-state index in [0.717, 1.165) is 22.3 Å². The van der Waals surface area contributed by atoms with E-state index in [1.54, 1.807) is 28.3 Å². The Hall–Kier alpha value is -2.83. The second-order valence-corrected chi connectivity index (χ2v) is 4.81. The molecule has 23 heavy (non-hydrogen) atoms. The zero-order valence-electron chi connectivity index (χ0n) is 14.0. The third-order valence-corrected chi connectivity index (χ3v) is 3.40. The fourth-order valence-electron chi connectivity index (χ4n) is 2.11. The molecule has 0 saturated carbocycles.